The Morgan fingerprint density at radius 3 is 2.55 bits per heavy atom. The van der Waals surface area contributed by atoms with Crippen molar-refractivity contribution < 1.29 is 28.0 Å². The van der Waals surface area contributed by atoms with E-state index in [0.29, 0.717) is 11.8 Å². The lowest BCUT2D eigenvalue weighted by Gasteiger charge is -2.13. The summed E-state index contributed by atoms with van der Waals surface area (Å²) in [4.78, 5) is 23.9. The number of carbonyl (C=O) groups excluding carboxylic acids is 2. The molecule has 9 heteroatoms. The van der Waals surface area contributed by atoms with E-state index >= 15 is 0 Å². The van der Waals surface area contributed by atoms with Gasteiger partial charge in [0.15, 0.2) is 11.5 Å². The van der Waals surface area contributed by atoms with Crippen LogP contribution < -0.4 is 10.6 Å². The van der Waals surface area contributed by atoms with E-state index in [0.717, 1.165) is 17.7 Å². The van der Waals surface area contributed by atoms with Gasteiger partial charge in [0.1, 0.15) is 11.6 Å². The molecule has 3 aromatic rings. The molecular formula is C20H17F2N3O4. The molecule has 29 heavy (non-hydrogen) atoms. The first-order chi connectivity index (χ1) is 13.9. The van der Waals surface area contributed by atoms with Crippen molar-refractivity contribution in [3.63, 3.8) is 0 Å². The normalized spacial score (nSPS) is 11.7. The molecule has 1 aromatic heterocycles. The van der Waals surface area contributed by atoms with Crippen molar-refractivity contribution in [2.75, 3.05) is 13.1 Å². The Morgan fingerprint density at radius 1 is 1.07 bits per heavy atom. The second-order valence-electron chi connectivity index (χ2n) is 6.11. The lowest BCUT2D eigenvalue weighted by atomic mass is 10.1. The summed E-state index contributed by atoms with van der Waals surface area (Å²) in [7, 11) is 0. The SMILES string of the molecule is O=C(CNC(=O)c1cc(-c2ccccc2)on1)NCC(O)c1ccc(F)cc1F. The maximum Gasteiger partial charge on any atom is 0.273 e. The van der Waals surface area contributed by atoms with E-state index in [1.165, 1.54) is 6.07 Å². The summed E-state index contributed by atoms with van der Waals surface area (Å²) >= 11 is 0. The van der Waals surface area contributed by atoms with Crippen LogP contribution in [0, 0.1) is 11.6 Å². The molecule has 0 radical (unpaired) electrons. The van der Waals surface area contributed by atoms with Crippen LogP contribution in [-0.2, 0) is 4.79 Å². The molecular weight excluding hydrogens is 384 g/mol. The minimum absolute atomic E-state index is 0.00470. The van der Waals surface area contributed by atoms with Gasteiger partial charge in [-0.15, -0.1) is 0 Å². The number of rotatable bonds is 7. The van der Waals surface area contributed by atoms with Crippen molar-refractivity contribution >= 4 is 11.8 Å². The Hall–Kier alpha value is -3.59. The minimum Gasteiger partial charge on any atom is -0.386 e. The molecule has 0 aliphatic heterocycles. The number of hydrogen-bond donors (Lipinski definition) is 3. The lowest BCUT2D eigenvalue weighted by Crippen LogP contribution is -2.38. The average molecular weight is 401 g/mol. The maximum absolute atomic E-state index is 13.6. The Morgan fingerprint density at radius 2 is 1.83 bits per heavy atom. The second kappa shape index (κ2) is 9.07. The summed E-state index contributed by atoms with van der Waals surface area (Å²) in [6.07, 6.45) is -1.36. The zero-order valence-electron chi connectivity index (χ0n) is 15.1. The van der Waals surface area contributed by atoms with E-state index in [-0.39, 0.29) is 24.3 Å². The molecule has 0 spiro atoms. The van der Waals surface area contributed by atoms with Crippen LogP contribution in [0.4, 0.5) is 8.78 Å². The average Bonchev–Trinajstić information content (AvgIpc) is 3.21. The number of halogens is 2. The molecule has 2 amide bonds. The fourth-order valence-corrected chi connectivity index (χ4v) is 2.53. The highest BCUT2D eigenvalue weighted by Gasteiger charge is 2.17. The van der Waals surface area contributed by atoms with Crippen molar-refractivity contribution in [1.82, 2.24) is 15.8 Å². The van der Waals surface area contributed by atoms with Gasteiger partial charge in [0.25, 0.3) is 5.91 Å². The number of carbonyl (C=O) groups is 2. The van der Waals surface area contributed by atoms with Crippen LogP contribution in [0.5, 0.6) is 0 Å². The van der Waals surface area contributed by atoms with Crippen LogP contribution in [0.2, 0.25) is 0 Å². The third kappa shape index (κ3) is 5.23. The van der Waals surface area contributed by atoms with Gasteiger partial charge in [0.05, 0.1) is 12.6 Å². The smallest absolute Gasteiger partial charge is 0.273 e. The highest BCUT2D eigenvalue weighted by atomic mass is 19.1. The predicted octanol–water partition coefficient (Wildman–Crippen LogP) is 2.20. The van der Waals surface area contributed by atoms with Gasteiger partial charge in [-0.1, -0.05) is 41.6 Å². The third-order valence-electron chi connectivity index (χ3n) is 4.02. The van der Waals surface area contributed by atoms with Crippen LogP contribution in [0.3, 0.4) is 0 Å². The largest absolute Gasteiger partial charge is 0.386 e. The topological polar surface area (TPSA) is 104 Å². The number of benzene rings is 2. The molecule has 150 valence electrons. The summed E-state index contributed by atoms with van der Waals surface area (Å²) in [6, 6.07) is 13.3. The number of nitrogens with zero attached hydrogens (tertiary/aromatic N) is 1. The van der Waals surface area contributed by atoms with Gasteiger partial charge >= 0.3 is 0 Å². The summed E-state index contributed by atoms with van der Waals surface area (Å²) < 4.78 is 31.6. The molecule has 1 atom stereocenters. The summed E-state index contributed by atoms with van der Waals surface area (Å²) in [5.41, 5.74) is 0.607. The van der Waals surface area contributed by atoms with Gasteiger partial charge in [-0.2, -0.15) is 0 Å². The molecule has 0 saturated carbocycles. The Balaban J connectivity index is 1.48. The predicted molar refractivity (Wildman–Crippen MR) is 98.6 cm³/mol. The molecule has 0 fully saturated rings. The Bertz CT molecular complexity index is 1010. The minimum atomic E-state index is -1.36. The molecule has 0 saturated heterocycles. The first-order valence-corrected chi connectivity index (χ1v) is 8.64. The van der Waals surface area contributed by atoms with Crippen molar-refractivity contribution in [3.05, 3.63) is 77.5 Å². The standard InChI is InChI=1S/C20H17F2N3O4/c21-13-6-7-14(15(22)8-13)17(26)10-23-19(27)11-24-20(28)16-9-18(29-25-16)12-4-2-1-3-5-12/h1-9,17,26H,10-11H2,(H,23,27)(H,24,28). The number of aliphatic hydroxyl groups is 1. The molecule has 0 bridgehead atoms. The van der Waals surface area contributed by atoms with Crippen molar-refractivity contribution in [3.8, 4) is 11.3 Å². The van der Waals surface area contributed by atoms with Crippen molar-refractivity contribution in [2.45, 2.75) is 6.10 Å². The van der Waals surface area contributed by atoms with Crippen LogP contribution in [0.25, 0.3) is 11.3 Å². The molecule has 0 aliphatic rings. The van der Waals surface area contributed by atoms with Crippen LogP contribution in [0.15, 0.2) is 59.1 Å². The van der Waals surface area contributed by atoms with Crippen LogP contribution in [0.1, 0.15) is 22.2 Å². The Labute approximate surface area is 164 Å². The lowest BCUT2D eigenvalue weighted by molar-refractivity contribution is -0.120. The van der Waals surface area contributed by atoms with Crippen molar-refractivity contribution in [1.29, 1.82) is 0 Å². The van der Waals surface area contributed by atoms with Crippen LogP contribution >= 0.6 is 0 Å². The quantitative estimate of drug-likeness (QED) is 0.563. The molecule has 0 aliphatic carbocycles. The van der Waals surface area contributed by atoms with E-state index in [2.05, 4.69) is 15.8 Å². The zero-order chi connectivity index (χ0) is 20.8. The number of aliphatic hydroxyl groups excluding tert-OH is 1. The van der Waals surface area contributed by atoms with Gasteiger partial charge in [0.2, 0.25) is 5.91 Å². The fraction of sp³-hybridized carbons (Fsp3) is 0.150. The van der Waals surface area contributed by atoms with E-state index in [9.17, 15) is 23.5 Å². The van der Waals surface area contributed by atoms with E-state index < -0.39 is 29.6 Å². The van der Waals surface area contributed by atoms with E-state index in [4.69, 9.17) is 4.52 Å². The molecule has 7 nitrogen and oxygen atoms in total. The van der Waals surface area contributed by atoms with Gasteiger partial charge in [-0.25, -0.2) is 8.78 Å². The van der Waals surface area contributed by atoms with E-state index in [1.807, 2.05) is 18.2 Å². The van der Waals surface area contributed by atoms with E-state index in [1.54, 1.807) is 12.1 Å². The Kier molecular flexibility index (Phi) is 6.30. The van der Waals surface area contributed by atoms with Gasteiger partial charge < -0.3 is 20.3 Å². The third-order valence-corrected chi connectivity index (χ3v) is 4.02. The highest BCUT2D eigenvalue weighted by Crippen LogP contribution is 2.19. The monoisotopic (exact) mass is 401 g/mol. The van der Waals surface area contributed by atoms with Gasteiger partial charge in [-0.3, -0.25) is 9.59 Å². The number of amides is 2. The number of nitrogens with one attached hydrogen (secondary N) is 2. The fourth-order valence-electron chi connectivity index (χ4n) is 2.53. The van der Waals surface area contributed by atoms with Gasteiger partial charge in [0, 0.05) is 29.8 Å². The molecule has 2 aromatic carbocycles. The van der Waals surface area contributed by atoms with Crippen molar-refractivity contribution in [2.24, 2.45) is 0 Å². The van der Waals surface area contributed by atoms with Gasteiger partial charge in [-0.05, 0) is 6.07 Å². The second-order valence-corrected chi connectivity index (χ2v) is 6.11. The first kappa shape index (κ1) is 20.2. The van der Waals surface area contributed by atoms with Crippen LogP contribution in [-0.4, -0.2) is 35.2 Å². The summed E-state index contributed by atoms with van der Waals surface area (Å²) in [5, 5.41) is 18.3. The maximum atomic E-state index is 13.6. The summed E-state index contributed by atoms with van der Waals surface area (Å²) in [6.45, 7) is -0.690. The zero-order valence-corrected chi connectivity index (χ0v) is 15.1. The molecule has 3 rings (SSSR count). The summed E-state index contributed by atoms with van der Waals surface area (Å²) in [5.74, 6) is -2.50. The number of aromatic nitrogens is 1. The number of hydrogen-bond acceptors (Lipinski definition) is 5. The molecule has 1 unspecified atom stereocenters. The molecule has 1 heterocycles. The first-order valence-electron chi connectivity index (χ1n) is 8.64. The molecule has 3 N–H and O–H groups in total. The highest BCUT2D eigenvalue weighted by molar-refractivity contribution is 5.95.